The molecule has 0 fully saturated rings. The lowest BCUT2D eigenvalue weighted by Crippen LogP contribution is -2.19. The molecule has 0 aliphatic rings. The molecule has 2 aromatic rings. The minimum atomic E-state index is -0.187. The van der Waals surface area contributed by atoms with Crippen LogP contribution in [0.3, 0.4) is 0 Å². The van der Waals surface area contributed by atoms with Crippen molar-refractivity contribution < 1.29 is 9.53 Å². The third kappa shape index (κ3) is 5.21. The van der Waals surface area contributed by atoms with E-state index in [9.17, 15) is 4.79 Å². The van der Waals surface area contributed by atoms with Gasteiger partial charge < -0.3 is 15.8 Å². The Balaban J connectivity index is 1.72. The molecule has 0 aromatic heterocycles. The highest BCUT2D eigenvalue weighted by molar-refractivity contribution is 9.10. The van der Waals surface area contributed by atoms with Gasteiger partial charge in [0.25, 0.3) is 0 Å². The van der Waals surface area contributed by atoms with E-state index in [1.54, 1.807) is 18.2 Å². The van der Waals surface area contributed by atoms with Gasteiger partial charge >= 0.3 is 0 Å². The van der Waals surface area contributed by atoms with Crippen LogP contribution in [-0.2, 0) is 16.0 Å². The maximum Gasteiger partial charge on any atom is 0.250 e. The minimum absolute atomic E-state index is 0.0314. The van der Waals surface area contributed by atoms with E-state index < -0.39 is 0 Å². The zero-order valence-electron chi connectivity index (χ0n) is 11.5. The third-order valence-corrected chi connectivity index (χ3v) is 3.53. The number of carbonyl (C=O) groups excluding carboxylic acids is 1. The van der Waals surface area contributed by atoms with Gasteiger partial charge in [-0.2, -0.15) is 0 Å². The summed E-state index contributed by atoms with van der Waals surface area (Å²) in [5.41, 5.74) is 8.16. The number of halogens is 1. The van der Waals surface area contributed by atoms with Crippen LogP contribution in [-0.4, -0.2) is 19.1 Å². The van der Waals surface area contributed by atoms with Crippen molar-refractivity contribution in [3.63, 3.8) is 0 Å². The summed E-state index contributed by atoms with van der Waals surface area (Å²) in [6.45, 7) is 0.546. The first-order valence-corrected chi connectivity index (χ1v) is 7.41. The molecule has 4 nitrogen and oxygen atoms in total. The van der Waals surface area contributed by atoms with E-state index >= 15 is 0 Å². The molecule has 0 saturated carbocycles. The normalized spacial score (nSPS) is 10.3. The molecular weight excluding hydrogens is 332 g/mol. The number of ether oxygens (including phenoxy) is 1. The van der Waals surface area contributed by atoms with Crippen molar-refractivity contribution in [2.24, 2.45) is 0 Å². The maximum atomic E-state index is 11.8. The van der Waals surface area contributed by atoms with Crippen molar-refractivity contribution >= 4 is 33.2 Å². The van der Waals surface area contributed by atoms with Gasteiger partial charge in [0.2, 0.25) is 5.91 Å². The van der Waals surface area contributed by atoms with Gasteiger partial charge in [-0.3, -0.25) is 4.79 Å². The Morgan fingerprint density at radius 3 is 2.67 bits per heavy atom. The summed E-state index contributed by atoms with van der Waals surface area (Å²) in [7, 11) is 0. The fourth-order valence-electron chi connectivity index (χ4n) is 1.82. The van der Waals surface area contributed by atoms with Crippen LogP contribution in [0.15, 0.2) is 53.0 Å². The summed E-state index contributed by atoms with van der Waals surface area (Å²) in [5.74, 6) is -0.187. The monoisotopic (exact) mass is 348 g/mol. The Labute approximate surface area is 132 Å². The largest absolute Gasteiger partial charge is 0.399 e. The smallest absolute Gasteiger partial charge is 0.250 e. The van der Waals surface area contributed by atoms with Crippen LogP contribution >= 0.6 is 15.9 Å². The van der Waals surface area contributed by atoms with Gasteiger partial charge in [-0.1, -0.05) is 30.3 Å². The number of nitrogens with one attached hydrogen (secondary N) is 1. The quantitative estimate of drug-likeness (QED) is 0.622. The lowest BCUT2D eigenvalue weighted by molar-refractivity contribution is -0.120. The molecule has 0 radical (unpaired) electrons. The molecule has 5 heteroatoms. The van der Waals surface area contributed by atoms with Gasteiger partial charge in [0, 0.05) is 10.2 Å². The fraction of sp³-hybridized carbons (Fsp3) is 0.188. The van der Waals surface area contributed by atoms with E-state index in [0.29, 0.717) is 18.0 Å². The lowest BCUT2D eigenvalue weighted by Gasteiger charge is -2.08. The topological polar surface area (TPSA) is 64.3 Å². The molecule has 21 heavy (non-hydrogen) atoms. The van der Waals surface area contributed by atoms with E-state index in [1.807, 2.05) is 30.3 Å². The lowest BCUT2D eigenvalue weighted by atomic mass is 10.2. The average Bonchev–Trinajstić information content (AvgIpc) is 2.48. The molecule has 2 rings (SSSR count). The summed E-state index contributed by atoms with van der Waals surface area (Å²) in [6.07, 6.45) is 0.791. The molecule has 0 saturated heterocycles. The van der Waals surface area contributed by atoms with E-state index in [4.69, 9.17) is 10.5 Å². The minimum Gasteiger partial charge on any atom is -0.399 e. The van der Waals surface area contributed by atoms with Crippen LogP contribution in [0.5, 0.6) is 0 Å². The van der Waals surface area contributed by atoms with Gasteiger partial charge in [0.05, 0.1) is 12.3 Å². The van der Waals surface area contributed by atoms with Crippen LogP contribution in [0.2, 0.25) is 0 Å². The molecule has 0 bridgehead atoms. The zero-order chi connectivity index (χ0) is 15.1. The highest BCUT2D eigenvalue weighted by Crippen LogP contribution is 2.24. The molecule has 0 spiro atoms. The predicted molar refractivity (Wildman–Crippen MR) is 88.1 cm³/mol. The van der Waals surface area contributed by atoms with Gasteiger partial charge in [0.1, 0.15) is 6.61 Å². The van der Waals surface area contributed by atoms with Crippen molar-refractivity contribution in [1.29, 1.82) is 0 Å². The number of nitrogens with two attached hydrogens (primary N) is 1. The standard InChI is InChI=1S/C16H17BrN2O2/c17-14-10-13(18)6-7-15(14)19-16(20)11-21-9-8-12-4-2-1-3-5-12/h1-7,10H,8-9,11,18H2,(H,19,20). The first-order chi connectivity index (χ1) is 10.1. The highest BCUT2D eigenvalue weighted by Gasteiger charge is 2.06. The number of benzene rings is 2. The van der Waals surface area contributed by atoms with Crippen molar-refractivity contribution in [3.05, 3.63) is 58.6 Å². The summed E-state index contributed by atoms with van der Waals surface area (Å²) < 4.78 is 6.13. The van der Waals surface area contributed by atoms with Crippen LogP contribution in [0, 0.1) is 0 Å². The zero-order valence-corrected chi connectivity index (χ0v) is 13.1. The molecule has 0 aliphatic carbocycles. The number of amides is 1. The van der Waals surface area contributed by atoms with Crippen molar-refractivity contribution in [2.75, 3.05) is 24.3 Å². The van der Waals surface area contributed by atoms with Crippen LogP contribution in [0.4, 0.5) is 11.4 Å². The van der Waals surface area contributed by atoms with Gasteiger partial charge in [-0.05, 0) is 46.1 Å². The van der Waals surface area contributed by atoms with Crippen molar-refractivity contribution in [3.8, 4) is 0 Å². The van der Waals surface area contributed by atoms with E-state index in [2.05, 4.69) is 21.2 Å². The number of carbonyl (C=O) groups is 1. The fourth-order valence-corrected chi connectivity index (χ4v) is 2.31. The number of nitrogen functional groups attached to an aromatic ring is 1. The van der Waals surface area contributed by atoms with Gasteiger partial charge in [0.15, 0.2) is 0 Å². The van der Waals surface area contributed by atoms with Crippen LogP contribution in [0.1, 0.15) is 5.56 Å². The molecular formula is C16H17BrN2O2. The second-order valence-electron chi connectivity index (χ2n) is 4.58. The van der Waals surface area contributed by atoms with E-state index in [0.717, 1.165) is 10.9 Å². The van der Waals surface area contributed by atoms with Crippen LogP contribution in [0.25, 0.3) is 0 Å². The second-order valence-corrected chi connectivity index (χ2v) is 5.43. The Bertz CT molecular complexity index is 602. The predicted octanol–water partition coefficient (Wildman–Crippen LogP) is 3.23. The van der Waals surface area contributed by atoms with Gasteiger partial charge in [-0.25, -0.2) is 0 Å². The first-order valence-electron chi connectivity index (χ1n) is 6.61. The van der Waals surface area contributed by atoms with Crippen LogP contribution < -0.4 is 11.1 Å². The number of anilines is 2. The van der Waals surface area contributed by atoms with Crippen molar-refractivity contribution in [2.45, 2.75) is 6.42 Å². The molecule has 0 aliphatic heterocycles. The summed E-state index contributed by atoms with van der Waals surface area (Å²) in [5, 5.41) is 2.77. The third-order valence-electron chi connectivity index (χ3n) is 2.88. The van der Waals surface area contributed by atoms with Gasteiger partial charge in [-0.15, -0.1) is 0 Å². The Morgan fingerprint density at radius 2 is 1.95 bits per heavy atom. The number of hydrogen-bond acceptors (Lipinski definition) is 3. The number of rotatable bonds is 6. The Kier molecular flexibility index (Phi) is 5.78. The molecule has 2 aromatic carbocycles. The molecule has 3 N–H and O–H groups in total. The van der Waals surface area contributed by atoms with E-state index in [1.165, 1.54) is 5.56 Å². The first kappa shape index (κ1) is 15.5. The molecule has 1 amide bonds. The Morgan fingerprint density at radius 1 is 1.19 bits per heavy atom. The molecule has 110 valence electrons. The Hall–Kier alpha value is -1.85. The van der Waals surface area contributed by atoms with Crippen molar-refractivity contribution in [1.82, 2.24) is 0 Å². The summed E-state index contributed by atoms with van der Waals surface area (Å²) >= 11 is 3.35. The van der Waals surface area contributed by atoms with E-state index in [-0.39, 0.29) is 12.5 Å². The molecule has 0 heterocycles. The molecule has 0 unspecified atom stereocenters. The highest BCUT2D eigenvalue weighted by atomic mass is 79.9. The second kappa shape index (κ2) is 7.81. The SMILES string of the molecule is Nc1ccc(NC(=O)COCCc2ccccc2)c(Br)c1. The maximum absolute atomic E-state index is 11.8. The summed E-state index contributed by atoms with van der Waals surface area (Å²) in [6, 6.07) is 15.2. The average molecular weight is 349 g/mol. The number of hydrogen-bond donors (Lipinski definition) is 2. The summed E-state index contributed by atoms with van der Waals surface area (Å²) in [4.78, 5) is 11.8. The molecule has 0 atom stereocenters.